The molecule has 0 radical (unpaired) electrons. The van der Waals surface area contributed by atoms with Gasteiger partial charge in [0.15, 0.2) is 0 Å². The first kappa shape index (κ1) is 31.8. The number of thiophene rings is 2. The highest BCUT2D eigenvalue weighted by Gasteiger charge is 2.54. The third-order valence-electron chi connectivity index (χ3n) is 7.77. The molecule has 4 heterocycles. The molecule has 4 aliphatic rings. The highest BCUT2D eigenvalue weighted by molar-refractivity contribution is 7.10. The van der Waals surface area contributed by atoms with Crippen LogP contribution in [-0.4, -0.2) is 69.1 Å². The number of hydrogen-bond acceptors (Lipinski definition) is 10. The third kappa shape index (κ3) is 5.77. The van der Waals surface area contributed by atoms with Crippen molar-refractivity contribution in [3.8, 4) is 0 Å². The zero-order chi connectivity index (χ0) is 32.3. The summed E-state index contributed by atoms with van der Waals surface area (Å²) in [5.74, 6) is -0.837. The van der Waals surface area contributed by atoms with Crippen molar-refractivity contribution < 1.29 is 33.8 Å². The van der Waals surface area contributed by atoms with Crippen molar-refractivity contribution in [2.24, 2.45) is 11.8 Å². The molecule has 0 bridgehead atoms. The number of amides is 4. The van der Waals surface area contributed by atoms with Gasteiger partial charge in [-0.25, -0.2) is 19.4 Å². The predicted molar refractivity (Wildman–Crippen MR) is 167 cm³/mol. The molecule has 2 aromatic rings. The zero-order valence-corrected chi connectivity index (χ0v) is 27.9. The van der Waals surface area contributed by atoms with Crippen molar-refractivity contribution in [1.29, 1.82) is 0 Å². The van der Waals surface area contributed by atoms with Gasteiger partial charge >= 0.3 is 12.2 Å². The molecule has 4 atom stereocenters. The number of aliphatic hydroxyl groups excluding tert-OH is 1. The third-order valence-corrected chi connectivity index (χ3v) is 9.69. The second-order valence-corrected chi connectivity index (χ2v) is 15.6. The summed E-state index contributed by atoms with van der Waals surface area (Å²) in [6.45, 7) is 10.7. The van der Waals surface area contributed by atoms with Crippen LogP contribution in [0, 0.1) is 11.8 Å². The van der Waals surface area contributed by atoms with E-state index in [1.165, 1.54) is 9.78 Å². The minimum Gasteiger partial charge on any atom is -0.515 e. The normalized spacial score (nSPS) is 25.5. The van der Waals surface area contributed by atoms with Crippen LogP contribution in [0.3, 0.4) is 0 Å². The smallest absolute Gasteiger partial charge is 0.417 e. The van der Waals surface area contributed by atoms with Crippen LogP contribution in [0.5, 0.6) is 0 Å². The molecule has 2 aliphatic heterocycles. The number of likely N-dealkylation sites (tertiary alicyclic amines) is 2. The number of hydrogen-bond donors (Lipinski definition) is 1. The number of imide groups is 2. The molecule has 2 fully saturated rings. The van der Waals surface area contributed by atoms with E-state index in [-0.39, 0.29) is 35.4 Å². The Morgan fingerprint density at radius 1 is 0.818 bits per heavy atom. The molecule has 12 heteroatoms. The van der Waals surface area contributed by atoms with E-state index in [4.69, 9.17) is 9.47 Å². The van der Waals surface area contributed by atoms with Gasteiger partial charge in [0.25, 0.3) is 11.8 Å². The van der Waals surface area contributed by atoms with E-state index in [0.29, 0.717) is 12.0 Å². The fraction of sp³-hybridized carbons (Fsp3) is 0.500. The molecule has 2 saturated heterocycles. The van der Waals surface area contributed by atoms with E-state index in [1.54, 1.807) is 43.4 Å². The Labute approximate surface area is 265 Å². The molecular weight excluding hydrogens is 603 g/mol. The van der Waals surface area contributed by atoms with Gasteiger partial charge in [0.2, 0.25) is 0 Å². The van der Waals surface area contributed by atoms with Crippen molar-refractivity contribution in [2.75, 3.05) is 14.1 Å². The summed E-state index contributed by atoms with van der Waals surface area (Å²) >= 11 is 3.30. The summed E-state index contributed by atoms with van der Waals surface area (Å²) in [4.78, 5) is 57.0. The molecule has 4 unspecified atom stereocenters. The number of ether oxygens (including phenoxy) is 2. The lowest BCUT2D eigenvalue weighted by Gasteiger charge is -2.26. The topological polar surface area (TPSA) is 117 Å². The van der Waals surface area contributed by atoms with Gasteiger partial charge < -0.3 is 19.5 Å². The van der Waals surface area contributed by atoms with Crippen LogP contribution >= 0.6 is 22.7 Å². The summed E-state index contributed by atoms with van der Waals surface area (Å²) in [5.41, 5.74) is 1.75. The van der Waals surface area contributed by atoms with Gasteiger partial charge in [-0.1, -0.05) is 0 Å². The number of nitrogens with zero attached hydrogens (tertiary/aromatic N) is 3. The molecule has 2 aromatic heterocycles. The second-order valence-electron chi connectivity index (χ2n) is 13.6. The Hall–Kier alpha value is -3.64. The first-order valence-corrected chi connectivity index (χ1v) is 16.3. The number of aliphatic hydroxyl groups is 1. The van der Waals surface area contributed by atoms with Gasteiger partial charge in [0.1, 0.15) is 11.2 Å². The Morgan fingerprint density at radius 2 is 1.23 bits per heavy atom. The molecular formula is C32H39N3O7S2. The molecule has 1 N–H and O–H groups in total. The van der Waals surface area contributed by atoms with E-state index < -0.39 is 29.3 Å². The van der Waals surface area contributed by atoms with Crippen LogP contribution in [0.1, 0.15) is 74.5 Å². The summed E-state index contributed by atoms with van der Waals surface area (Å²) < 4.78 is 10.8. The second kappa shape index (κ2) is 11.4. The largest absolute Gasteiger partial charge is 0.515 e. The zero-order valence-electron chi connectivity index (χ0n) is 26.2. The average molecular weight is 642 g/mol. The van der Waals surface area contributed by atoms with Crippen molar-refractivity contribution in [1.82, 2.24) is 14.7 Å². The number of rotatable bonds is 1. The molecule has 0 saturated carbocycles. The predicted octanol–water partition coefficient (Wildman–Crippen LogP) is 6.37. The van der Waals surface area contributed by atoms with Gasteiger partial charge in [0, 0.05) is 47.5 Å². The first-order chi connectivity index (χ1) is 20.5. The van der Waals surface area contributed by atoms with Crippen molar-refractivity contribution in [3.63, 3.8) is 0 Å². The van der Waals surface area contributed by atoms with Gasteiger partial charge in [-0.2, -0.15) is 0 Å². The molecule has 4 amide bonds. The minimum absolute atomic E-state index is 0.0277. The molecule has 0 aromatic carbocycles. The SMILES string of the molecule is CC(C)(C)OC(=O)N1C(=O)/C(=C\O)C2Cc3sccc3C21.CN(C)/C=C1\C(=O)N(C(=O)OC(C)(C)C)C2c3ccsc3CC12. The summed E-state index contributed by atoms with van der Waals surface area (Å²) in [5, 5.41) is 13.4. The maximum absolute atomic E-state index is 12.8. The standard InChI is InChI=1S/C17H22N2O3S.C15H17NO4S/c1-17(2,3)22-16(21)19-14-10-6-7-23-13(10)8-11(14)12(15(19)20)9-18(4)5;1-15(2,3)20-14(19)16-12-8-4-5-21-11(8)6-9(12)10(7-17)13(16)18/h6-7,9,11,14H,8H2,1-5H3;4-5,7,9,12,17H,6H2,1-3H3/b12-9-;10-7-. The van der Waals surface area contributed by atoms with Gasteiger partial charge in [-0.05, 0) is 88.4 Å². The number of fused-ring (bicyclic) bond motifs is 6. The molecule has 6 rings (SSSR count). The fourth-order valence-electron chi connectivity index (χ4n) is 6.26. The lowest BCUT2D eigenvalue weighted by Crippen LogP contribution is -2.39. The van der Waals surface area contributed by atoms with E-state index in [2.05, 4.69) is 0 Å². The molecule has 2 aliphatic carbocycles. The lowest BCUT2D eigenvalue weighted by molar-refractivity contribution is -0.126. The van der Waals surface area contributed by atoms with Crippen LogP contribution in [0.4, 0.5) is 9.59 Å². The molecule has 44 heavy (non-hydrogen) atoms. The van der Waals surface area contributed by atoms with Gasteiger partial charge in [0.05, 0.1) is 23.9 Å². The van der Waals surface area contributed by atoms with Crippen LogP contribution in [0.25, 0.3) is 0 Å². The number of carbonyl (C=O) groups is 4. The van der Waals surface area contributed by atoms with Crippen molar-refractivity contribution in [2.45, 2.75) is 77.7 Å². The Balaban J connectivity index is 0.000000175. The summed E-state index contributed by atoms with van der Waals surface area (Å²) in [7, 11) is 3.77. The average Bonchev–Trinajstić information content (AvgIpc) is 3.69. The van der Waals surface area contributed by atoms with Crippen LogP contribution in [-0.2, 0) is 31.9 Å². The van der Waals surface area contributed by atoms with Crippen molar-refractivity contribution >= 4 is 46.7 Å². The number of carbonyl (C=O) groups excluding carboxylic acids is 4. The Morgan fingerprint density at radius 3 is 1.61 bits per heavy atom. The van der Waals surface area contributed by atoms with Crippen LogP contribution in [0.15, 0.2) is 46.5 Å². The quantitative estimate of drug-likeness (QED) is 0.282. The molecule has 10 nitrogen and oxygen atoms in total. The molecule has 0 spiro atoms. The summed E-state index contributed by atoms with van der Waals surface area (Å²) in [6, 6.07) is 3.38. The van der Waals surface area contributed by atoms with Crippen LogP contribution < -0.4 is 0 Å². The van der Waals surface area contributed by atoms with Crippen LogP contribution in [0.2, 0.25) is 0 Å². The summed E-state index contributed by atoms with van der Waals surface area (Å²) in [6.07, 6.45) is 2.94. The minimum atomic E-state index is -0.672. The van der Waals surface area contributed by atoms with E-state index in [9.17, 15) is 24.3 Å². The fourth-order valence-corrected chi connectivity index (χ4v) is 8.22. The van der Waals surface area contributed by atoms with Crippen molar-refractivity contribution in [3.05, 3.63) is 67.4 Å². The van der Waals surface area contributed by atoms with E-state index in [1.807, 2.05) is 68.9 Å². The Kier molecular flexibility index (Phi) is 8.21. The van der Waals surface area contributed by atoms with Gasteiger partial charge in [-0.3, -0.25) is 9.59 Å². The highest BCUT2D eigenvalue weighted by atomic mass is 32.1. The van der Waals surface area contributed by atoms with E-state index >= 15 is 0 Å². The lowest BCUT2D eigenvalue weighted by atomic mass is 9.97. The highest BCUT2D eigenvalue weighted by Crippen LogP contribution is 2.52. The monoisotopic (exact) mass is 641 g/mol. The maximum atomic E-state index is 12.8. The van der Waals surface area contributed by atoms with Gasteiger partial charge in [-0.15, -0.1) is 22.7 Å². The van der Waals surface area contributed by atoms with E-state index in [0.717, 1.165) is 33.6 Å². The first-order valence-electron chi connectivity index (χ1n) is 14.5. The maximum Gasteiger partial charge on any atom is 0.417 e. The molecule has 236 valence electrons. The Bertz CT molecular complexity index is 1560.